The van der Waals surface area contributed by atoms with Crippen LogP contribution in [0.5, 0.6) is 23.0 Å². The quantitative estimate of drug-likeness (QED) is 0.231. The minimum atomic E-state index is 0.156. The largest absolute Gasteiger partial charge is 0.457 e. The Balaban J connectivity index is 1.24. The molecule has 0 amide bonds. The van der Waals surface area contributed by atoms with Crippen LogP contribution in [0.25, 0.3) is 0 Å². The first-order chi connectivity index (χ1) is 20.2. The number of nitrogens with two attached hydrogens (primary N) is 2. The molecule has 3 aliphatic rings. The summed E-state index contributed by atoms with van der Waals surface area (Å²) in [6, 6.07) is 25.8. The molecule has 4 atom stereocenters. The number of benzene rings is 4. The van der Waals surface area contributed by atoms with E-state index in [9.17, 15) is 0 Å². The number of hydrogen-bond donors (Lipinski definition) is 2. The van der Waals surface area contributed by atoms with Gasteiger partial charge in [-0.2, -0.15) is 0 Å². The summed E-state index contributed by atoms with van der Waals surface area (Å²) in [7, 11) is 0. The maximum absolute atomic E-state index is 6.36. The van der Waals surface area contributed by atoms with E-state index in [1.807, 2.05) is 50.2 Å². The Labute approximate surface area is 250 Å². The lowest BCUT2D eigenvalue weighted by Gasteiger charge is -2.49. The number of fused-ring (bicyclic) bond motifs is 5. The Morgan fingerprint density at radius 3 is 1.76 bits per heavy atom. The smallest absolute Gasteiger partial charge is 0.130 e. The summed E-state index contributed by atoms with van der Waals surface area (Å²) >= 11 is 0. The van der Waals surface area contributed by atoms with Gasteiger partial charge in [-0.3, -0.25) is 0 Å². The third-order valence-corrected chi connectivity index (χ3v) is 11.1. The molecule has 4 heteroatoms. The van der Waals surface area contributed by atoms with Crippen molar-refractivity contribution < 1.29 is 9.47 Å². The summed E-state index contributed by atoms with van der Waals surface area (Å²) < 4.78 is 12.7. The minimum absolute atomic E-state index is 0.156. The predicted molar refractivity (Wildman–Crippen MR) is 172 cm³/mol. The normalized spacial score (nSPS) is 25.9. The van der Waals surface area contributed by atoms with Crippen molar-refractivity contribution in [3.63, 3.8) is 0 Å². The van der Waals surface area contributed by atoms with Gasteiger partial charge >= 0.3 is 0 Å². The topological polar surface area (TPSA) is 70.5 Å². The zero-order valence-corrected chi connectivity index (χ0v) is 25.3. The predicted octanol–water partition coefficient (Wildman–Crippen LogP) is 9.46. The van der Waals surface area contributed by atoms with Gasteiger partial charge < -0.3 is 20.9 Å². The number of anilines is 2. The number of rotatable bonds is 6. The first kappa shape index (κ1) is 26.9. The molecule has 0 heterocycles. The average Bonchev–Trinajstić information content (AvgIpc) is 3.68. The van der Waals surface area contributed by atoms with Crippen molar-refractivity contribution in [3.05, 3.63) is 106 Å². The Morgan fingerprint density at radius 1 is 0.619 bits per heavy atom. The minimum Gasteiger partial charge on any atom is -0.457 e. The third-order valence-electron chi connectivity index (χ3n) is 11.1. The fourth-order valence-corrected chi connectivity index (χ4v) is 9.03. The SMILES string of the molecule is Cc1cc(Oc2ccc(C34CCC(C3)C3CCCC34c3ccc(Oc4ccc(N)c(C)c4)c(C)c3)cc2C)ccc1N. The van der Waals surface area contributed by atoms with Crippen LogP contribution in [0.4, 0.5) is 11.4 Å². The molecule has 2 bridgehead atoms. The zero-order chi connectivity index (χ0) is 29.2. The molecular formula is C38H42N2O2. The van der Waals surface area contributed by atoms with E-state index in [0.717, 1.165) is 57.3 Å². The number of ether oxygens (including phenoxy) is 2. The van der Waals surface area contributed by atoms with Gasteiger partial charge in [-0.25, -0.2) is 0 Å². The molecule has 7 rings (SSSR count). The first-order valence-electron chi connectivity index (χ1n) is 15.5. The van der Waals surface area contributed by atoms with Crippen LogP contribution in [0.15, 0.2) is 72.8 Å². The number of hydrogen-bond acceptors (Lipinski definition) is 4. The van der Waals surface area contributed by atoms with Crippen molar-refractivity contribution in [1.29, 1.82) is 0 Å². The van der Waals surface area contributed by atoms with E-state index in [0.29, 0.717) is 0 Å². The van der Waals surface area contributed by atoms with Crippen LogP contribution in [-0.4, -0.2) is 0 Å². The van der Waals surface area contributed by atoms with Gasteiger partial charge in [0, 0.05) is 22.2 Å². The highest BCUT2D eigenvalue weighted by atomic mass is 16.5. The lowest BCUT2D eigenvalue weighted by atomic mass is 9.54. The molecule has 0 aliphatic heterocycles. The fourth-order valence-electron chi connectivity index (χ4n) is 9.03. The Morgan fingerprint density at radius 2 is 1.19 bits per heavy atom. The standard InChI is InChI=1S/C38H42N2O2/c1-23-20-30(9-11-33(23)39)41-35-13-7-28(18-25(35)3)37-17-15-27(22-37)32-6-5-16-38(32,37)29-8-14-36(26(4)19-29)42-31-10-12-34(40)24(2)21-31/h7-14,18-21,27,32H,5-6,15-17,22,39-40H2,1-4H3. The summed E-state index contributed by atoms with van der Waals surface area (Å²) in [5.74, 6) is 5.04. The molecule has 4 aromatic carbocycles. The maximum atomic E-state index is 6.36. The van der Waals surface area contributed by atoms with Crippen LogP contribution in [0, 0.1) is 39.5 Å². The van der Waals surface area contributed by atoms with E-state index < -0.39 is 0 Å². The molecule has 0 aromatic heterocycles. The van der Waals surface area contributed by atoms with Gasteiger partial charge in [-0.15, -0.1) is 0 Å². The summed E-state index contributed by atoms with van der Waals surface area (Å²) in [6.07, 6.45) is 7.79. The number of aryl methyl sites for hydroxylation is 4. The van der Waals surface area contributed by atoms with Gasteiger partial charge in [0.2, 0.25) is 0 Å². The maximum Gasteiger partial charge on any atom is 0.130 e. The van der Waals surface area contributed by atoms with E-state index in [-0.39, 0.29) is 10.8 Å². The van der Waals surface area contributed by atoms with E-state index in [1.54, 1.807) is 0 Å². The Kier molecular flexibility index (Phi) is 6.31. The summed E-state index contributed by atoms with van der Waals surface area (Å²) in [5, 5.41) is 0. The van der Waals surface area contributed by atoms with Gasteiger partial charge in [-0.1, -0.05) is 30.7 Å². The van der Waals surface area contributed by atoms with E-state index in [2.05, 4.69) is 50.2 Å². The molecule has 4 unspecified atom stereocenters. The van der Waals surface area contributed by atoms with Crippen molar-refractivity contribution in [2.24, 2.45) is 11.8 Å². The Bertz CT molecular complexity index is 1690. The lowest BCUT2D eigenvalue weighted by molar-refractivity contribution is 0.170. The molecule has 0 saturated heterocycles. The fraction of sp³-hybridized carbons (Fsp3) is 0.368. The highest BCUT2D eigenvalue weighted by Gasteiger charge is 2.69. The van der Waals surface area contributed by atoms with Crippen molar-refractivity contribution in [1.82, 2.24) is 0 Å². The highest BCUT2D eigenvalue weighted by molar-refractivity contribution is 5.55. The van der Waals surface area contributed by atoms with Gasteiger partial charge in [0.1, 0.15) is 23.0 Å². The van der Waals surface area contributed by atoms with Gasteiger partial charge in [0.05, 0.1) is 0 Å². The van der Waals surface area contributed by atoms with Crippen LogP contribution in [0.3, 0.4) is 0 Å². The molecule has 0 radical (unpaired) electrons. The van der Waals surface area contributed by atoms with E-state index in [1.165, 1.54) is 60.8 Å². The van der Waals surface area contributed by atoms with Crippen molar-refractivity contribution >= 4 is 11.4 Å². The van der Waals surface area contributed by atoms with E-state index in [4.69, 9.17) is 20.9 Å². The molecule has 42 heavy (non-hydrogen) atoms. The molecule has 3 fully saturated rings. The lowest BCUT2D eigenvalue weighted by Crippen LogP contribution is -2.47. The van der Waals surface area contributed by atoms with Gasteiger partial charge in [-0.05, 0) is 154 Å². The van der Waals surface area contributed by atoms with Crippen LogP contribution < -0.4 is 20.9 Å². The molecule has 3 aliphatic carbocycles. The summed E-state index contributed by atoms with van der Waals surface area (Å²) in [5.41, 5.74) is 21.4. The second-order valence-electron chi connectivity index (χ2n) is 13.3. The Hall–Kier alpha value is -3.92. The van der Waals surface area contributed by atoms with Crippen molar-refractivity contribution in [2.75, 3.05) is 11.5 Å². The van der Waals surface area contributed by atoms with Crippen LogP contribution >= 0.6 is 0 Å². The van der Waals surface area contributed by atoms with E-state index >= 15 is 0 Å². The van der Waals surface area contributed by atoms with Gasteiger partial charge in [0.15, 0.2) is 0 Å². The van der Waals surface area contributed by atoms with Crippen molar-refractivity contribution in [3.8, 4) is 23.0 Å². The molecule has 216 valence electrons. The first-order valence-corrected chi connectivity index (χ1v) is 15.5. The monoisotopic (exact) mass is 558 g/mol. The molecular weight excluding hydrogens is 516 g/mol. The van der Waals surface area contributed by atoms with Crippen LogP contribution in [0.1, 0.15) is 71.9 Å². The third kappa shape index (κ3) is 4.02. The average molecular weight is 559 g/mol. The van der Waals surface area contributed by atoms with Crippen LogP contribution in [-0.2, 0) is 10.8 Å². The molecule has 4 N–H and O–H groups in total. The van der Waals surface area contributed by atoms with Crippen molar-refractivity contribution in [2.45, 2.75) is 77.0 Å². The molecule has 3 saturated carbocycles. The summed E-state index contributed by atoms with van der Waals surface area (Å²) in [6.45, 7) is 8.42. The molecule has 0 spiro atoms. The molecule has 4 nitrogen and oxygen atoms in total. The van der Waals surface area contributed by atoms with Gasteiger partial charge in [0.25, 0.3) is 0 Å². The number of nitrogen functional groups attached to an aromatic ring is 2. The highest BCUT2D eigenvalue weighted by Crippen LogP contribution is 2.73. The molecule has 4 aromatic rings. The summed E-state index contributed by atoms with van der Waals surface area (Å²) in [4.78, 5) is 0. The van der Waals surface area contributed by atoms with Crippen LogP contribution in [0.2, 0.25) is 0 Å². The second-order valence-corrected chi connectivity index (χ2v) is 13.3. The zero-order valence-electron chi connectivity index (χ0n) is 25.3. The second kappa shape index (κ2) is 9.83.